The quantitative estimate of drug-likeness (QED) is 0.608. The largest absolute Gasteiger partial charge is 0.378 e. The lowest BCUT2D eigenvalue weighted by Crippen LogP contribution is -2.58. The van der Waals surface area contributed by atoms with E-state index >= 15 is 0 Å². The Labute approximate surface area is 195 Å². The lowest BCUT2D eigenvalue weighted by Gasteiger charge is -2.39. The Balaban J connectivity index is 1.48. The summed E-state index contributed by atoms with van der Waals surface area (Å²) in [6.07, 6.45) is 10.4. The van der Waals surface area contributed by atoms with Crippen LogP contribution in [0.5, 0.6) is 0 Å². The molecule has 4 heterocycles. The van der Waals surface area contributed by atoms with Gasteiger partial charge >= 0.3 is 0 Å². The number of anilines is 1. The van der Waals surface area contributed by atoms with Crippen molar-refractivity contribution in [1.82, 2.24) is 20.1 Å². The number of hydrogen-bond acceptors (Lipinski definition) is 5. The summed E-state index contributed by atoms with van der Waals surface area (Å²) in [7, 11) is 0. The Morgan fingerprint density at radius 3 is 2.73 bits per heavy atom. The maximum Gasteiger partial charge on any atom is 0.153 e. The highest BCUT2D eigenvalue weighted by Gasteiger charge is 2.32. The molecule has 176 valence electrons. The van der Waals surface area contributed by atoms with Crippen LogP contribution in [-0.4, -0.2) is 59.3 Å². The van der Waals surface area contributed by atoms with Crippen molar-refractivity contribution in [3.8, 4) is 5.82 Å². The average Bonchev–Trinajstić information content (AvgIpc) is 3.21. The Morgan fingerprint density at radius 1 is 1.33 bits per heavy atom. The number of pyridine rings is 1. The molecule has 0 aromatic carbocycles. The van der Waals surface area contributed by atoms with Gasteiger partial charge in [-0.3, -0.25) is 0 Å². The van der Waals surface area contributed by atoms with Crippen LogP contribution in [0.2, 0.25) is 0 Å². The molecule has 2 unspecified atom stereocenters. The molecule has 6 nitrogen and oxygen atoms in total. The monoisotopic (exact) mass is 451 g/mol. The van der Waals surface area contributed by atoms with Crippen LogP contribution < -0.4 is 10.2 Å². The van der Waals surface area contributed by atoms with E-state index in [1.807, 2.05) is 35.3 Å². The topological polar surface area (TPSA) is 55.2 Å². The molecule has 2 aliphatic heterocycles. The average molecular weight is 452 g/mol. The van der Waals surface area contributed by atoms with Crippen molar-refractivity contribution < 1.29 is 9.13 Å². The molecular formula is C26H34FN5O. The van der Waals surface area contributed by atoms with E-state index in [1.54, 1.807) is 6.08 Å². The van der Waals surface area contributed by atoms with E-state index in [0.717, 1.165) is 47.7 Å². The Hall–Kier alpha value is -2.77. The minimum atomic E-state index is -0.911. The Morgan fingerprint density at radius 2 is 2.15 bits per heavy atom. The first-order valence-electron chi connectivity index (χ1n) is 11.7. The SMILES string of the molecule is C=C/C=C\C(=C(C)C)c1nn(-c2ccc(N3CCC(NC4COC4)C(F)C3)cn2)cc1CC. The summed E-state index contributed by atoms with van der Waals surface area (Å²) < 4.78 is 21.8. The smallest absolute Gasteiger partial charge is 0.153 e. The summed E-state index contributed by atoms with van der Waals surface area (Å²) in [5.41, 5.74) is 5.36. The first kappa shape index (κ1) is 23.4. The molecule has 7 heteroatoms. The molecule has 33 heavy (non-hydrogen) atoms. The van der Waals surface area contributed by atoms with Crippen LogP contribution in [0, 0.1) is 0 Å². The van der Waals surface area contributed by atoms with Gasteiger partial charge in [0.25, 0.3) is 0 Å². The maximum atomic E-state index is 14.8. The number of ether oxygens (including phenoxy) is 1. The van der Waals surface area contributed by atoms with Crippen molar-refractivity contribution in [2.45, 2.75) is 51.9 Å². The summed E-state index contributed by atoms with van der Waals surface area (Å²) in [5, 5.41) is 8.23. The Bertz CT molecular complexity index is 1020. The van der Waals surface area contributed by atoms with E-state index in [0.29, 0.717) is 25.8 Å². The molecule has 4 rings (SSSR count). The van der Waals surface area contributed by atoms with Crippen molar-refractivity contribution in [2.24, 2.45) is 0 Å². The number of halogens is 1. The Kier molecular flexibility index (Phi) is 7.40. The number of aromatic nitrogens is 3. The first-order chi connectivity index (χ1) is 16.0. The van der Waals surface area contributed by atoms with Gasteiger partial charge in [-0.25, -0.2) is 14.1 Å². The second kappa shape index (κ2) is 10.4. The highest BCUT2D eigenvalue weighted by Crippen LogP contribution is 2.26. The van der Waals surface area contributed by atoms with Crippen LogP contribution in [0.1, 0.15) is 38.4 Å². The van der Waals surface area contributed by atoms with Crippen LogP contribution in [-0.2, 0) is 11.2 Å². The fourth-order valence-electron chi connectivity index (χ4n) is 4.32. The van der Waals surface area contributed by atoms with Crippen molar-refractivity contribution in [3.63, 3.8) is 0 Å². The van der Waals surface area contributed by atoms with E-state index in [9.17, 15) is 4.39 Å². The van der Waals surface area contributed by atoms with Gasteiger partial charge in [-0.15, -0.1) is 0 Å². The van der Waals surface area contributed by atoms with Gasteiger partial charge in [0.1, 0.15) is 6.17 Å². The summed E-state index contributed by atoms with van der Waals surface area (Å²) >= 11 is 0. The van der Waals surface area contributed by atoms with Gasteiger partial charge in [0.05, 0.1) is 43.4 Å². The molecule has 2 aromatic heterocycles. The fourth-order valence-corrected chi connectivity index (χ4v) is 4.32. The molecule has 0 radical (unpaired) electrons. The van der Waals surface area contributed by atoms with Crippen LogP contribution in [0.3, 0.4) is 0 Å². The second-order valence-corrected chi connectivity index (χ2v) is 8.94. The number of nitrogens with zero attached hydrogens (tertiary/aromatic N) is 4. The van der Waals surface area contributed by atoms with Crippen LogP contribution >= 0.6 is 0 Å². The predicted molar refractivity (Wildman–Crippen MR) is 132 cm³/mol. The van der Waals surface area contributed by atoms with E-state index in [2.05, 4.69) is 48.6 Å². The summed E-state index contributed by atoms with van der Waals surface area (Å²) in [6.45, 7) is 12.6. The van der Waals surface area contributed by atoms with Gasteiger partial charge in [0, 0.05) is 24.4 Å². The van der Waals surface area contributed by atoms with Crippen molar-refractivity contribution >= 4 is 11.3 Å². The van der Waals surface area contributed by atoms with Crippen LogP contribution in [0.15, 0.2) is 54.9 Å². The molecule has 1 N–H and O–H groups in total. The maximum absolute atomic E-state index is 14.8. The van der Waals surface area contributed by atoms with Crippen LogP contribution in [0.25, 0.3) is 11.4 Å². The van der Waals surface area contributed by atoms with E-state index in [4.69, 9.17) is 9.84 Å². The number of rotatable bonds is 8. The van der Waals surface area contributed by atoms with Crippen molar-refractivity contribution in [1.29, 1.82) is 0 Å². The summed E-state index contributed by atoms with van der Waals surface area (Å²) in [4.78, 5) is 6.72. The molecule has 2 aromatic rings. The molecule has 2 aliphatic rings. The third kappa shape index (κ3) is 5.25. The third-order valence-corrected chi connectivity index (χ3v) is 6.33. The standard InChI is InChI=1S/C26H34FN5O/c1-5-7-8-22(18(3)4)26-19(6-2)14-32(30-26)25-10-9-21(13-28-25)31-12-11-24(23(27)15-31)29-20-16-33-17-20/h5,7-10,13-14,20,23-24,29H,1,6,11-12,15-17H2,2-4H3/b8-7-. The molecule has 0 bridgehead atoms. The summed E-state index contributed by atoms with van der Waals surface area (Å²) in [6, 6.07) is 4.16. The van der Waals surface area contributed by atoms with E-state index in [-0.39, 0.29) is 6.04 Å². The zero-order valence-electron chi connectivity index (χ0n) is 19.8. The molecular weight excluding hydrogens is 417 g/mol. The predicted octanol–water partition coefficient (Wildman–Crippen LogP) is 4.27. The second-order valence-electron chi connectivity index (χ2n) is 8.94. The molecule has 2 fully saturated rings. The van der Waals surface area contributed by atoms with Gasteiger partial charge in [-0.05, 0) is 44.4 Å². The molecule has 0 saturated carbocycles. The lowest BCUT2D eigenvalue weighted by atomic mass is 10.0. The molecule has 2 atom stereocenters. The van der Waals surface area contributed by atoms with Crippen molar-refractivity contribution in [3.05, 3.63) is 66.2 Å². The number of alkyl halides is 1. The van der Waals surface area contributed by atoms with Gasteiger partial charge in [-0.2, -0.15) is 5.10 Å². The highest BCUT2D eigenvalue weighted by molar-refractivity contribution is 5.76. The minimum Gasteiger partial charge on any atom is -0.378 e. The van der Waals surface area contributed by atoms with E-state index in [1.165, 1.54) is 5.57 Å². The summed E-state index contributed by atoms with van der Waals surface area (Å²) in [5.74, 6) is 0.749. The first-order valence-corrected chi connectivity index (χ1v) is 11.7. The number of piperidine rings is 1. The van der Waals surface area contributed by atoms with Crippen LogP contribution in [0.4, 0.5) is 10.1 Å². The molecule has 2 saturated heterocycles. The van der Waals surface area contributed by atoms with Gasteiger partial charge in [0.15, 0.2) is 5.82 Å². The number of aryl methyl sites for hydroxylation is 1. The molecule has 0 aliphatic carbocycles. The third-order valence-electron chi connectivity index (χ3n) is 6.33. The van der Waals surface area contributed by atoms with Gasteiger partial charge in [-0.1, -0.05) is 37.3 Å². The molecule has 0 spiro atoms. The zero-order valence-corrected chi connectivity index (χ0v) is 19.8. The normalized spacial score (nSPS) is 21.3. The zero-order chi connectivity index (χ0) is 23.4. The van der Waals surface area contributed by atoms with Gasteiger partial charge < -0.3 is 15.0 Å². The fraction of sp³-hybridized carbons (Fsp3) is 0.462. The van der Waals surface area contributed by atoms with Gasteiger partial charge in [0.2, 0.25) is 0 Å². The lowest BCUT2D eigenvalue weighted by molar-refractivity contribution is -0.0159. The molecule has 0 amide bonds. The number of allylic oxidation sites excluding steroid dienone is 5. The van der Waals surface area contributed by atoms with E-state index < -0.39 is 6.17 Å². The number of hydrogen-bond donors (Lipinski definition) is 1. The number of nitrogens with one attached hydrogen (secondary N) is 1. The van der Waals surface area contributed by atoms with Crippen molar-refractivity contribution in [2.75, 3.05) is 31.2 Å². The minimum absolute atomic E-state index is 0.100. The highest BCUT2D eigenvalue weighted by atomic mass is 19.1.